The van der Waals surface area contributed by atoms with Crippen LogP contribution in [0.4, 0.5) is 24.5 Å². The van der Waals surface area contributed by atoms with Crippen LogP contribution in [0.5, 0.6) is 5.75 Å². The van der Waals surface area contributed by atoms with Gasteiger partial charge in [0.25, 0.3) is 11.8 Å². The fourth-order valence-electron chi connectivity index (χ4n) is 2.74. The number of aryl methyl sites for hydroxylation is 1. The van der Waals surface area contributed by atoms with Gasteiger partial charge in [0.1, 0.15) is 5.75 Å². The van der Waals surface area contributed by atoms with E-state index in [9.17, 15) is 22.8 Å². The Kier molecular flexibility index (Phi) is 6.59. The first-order valence-electron chi connectivity index (χ1n) is 9.29. The molecule has 0 aromatic heterocycles. The molecular formula is C23H19F3N2O3. The van der Waals surface area contributed by atoms with E-state index in [0.717, 1.165) is 17.7 Å². The highest BCUT2D eigenvalue weighted by Gasteiger charge is 2.30. The smallest absolute Gasteiger partial charge is 0.416 e. The van der Waals surface area contributed by atoms with Gasteiger partial charge < -0.3 is 15.4 Å². The Hall–Kier alpha value is -3.81. The van der Waals surface area contributed by atoms with Crippen LogP contribution in [-0.4, -0.2) is 18.4 Å². The van der Waals surface area contributed by atoms with Gasteiger partial charge in [-0.15, -0.1) is 0 Å². The molecule has 0 saturated heterocycles. The molecule has 31 heavy (non-hydrogen) atoms. The van der Waals surface area contributed by atoms with Crippen LogP contribution in [0.2, 0.25) is 0 Å². The highest BCUT2D eigenvalue weighted by molar-refractivity contribution is 6.04. The number of carbonyl (C=O) groups is 2. The van der Waals surface area contributed by atoms with Crippen LogP contribution in [-0.2, 0) is 11.0 Å². The Morgan fingerprint density at radius 1 is 0.871 bits per heavy atom. The average molecular weight is 428 g/mol. The fraction of sp³-hybridized carbons (Fsp3) is 0.130. The summed E-state index contributed by atoms with van der Waals surface area (Å²) >= 11 is 0. The normalized spacial score (nSPS) is 11.0. The summed E-state index contributed by atoms with van der Waals surface area (Å²) in [6.07, 6.45) is -4.50. The van der Waals surface area contributed by atoms with E-state index in [1.165, 1.54) is 36.4 Å². The molecule has 0 aliphatic rings. The van der Waals surface area contributed by atoms with Crippen molar-refractivity contribution in [1.82, 2.24) is 0 Å². The first-order valence-corrected chi connectivity index (χ1v) is 9.29. The number of hydrogen-bond donors (Lipinski definition) is 2. The molecule has 0 bridgehead atoms. The predicted octanol–water partition coefficient (Wildman–Crippen LogP) is 5.28. The maximum atomic E-state index is 12.8. The van der Waals surface area contributed by atoms with Gasteiger partial charge in [0.05, 0.1) is 5.56 Å². The Balaban J connectivity index is 1.56. The Bertz CT molecular complexity index is 1080. The highest BCUT2D eigenvalue weighted by Crippen LogP contribution is 2.30. The number of alkyl halides is 3. The molecule has 160 valence electrons. The summed E-state index contributed by atoms with van der Waals surface area (Å²) < 4.78 is 43.9. The van der Waals surface area contributed by atoms with Crippen LogP contribution in [0.15, 0.2) is 72.8 Å². The van der Waals surface area contributed by atoms with Crippen LogP contribution in [0, 0.1) is 6.92 Å². The van der Waals surface area contributed by atoms with Crippen LogP contribution in [0.3, 0.4) is 0 Å². The van der Waals surface area contributed by atoms with Gasteiger partial charge in [-0.1, -0.05) is 24.3 Å². The number of para-hydroxylation sites is 1. The monoisotopic (exact) mass is 428 g/mol. The summed E-state index contributed by atoms with van der Waals surface area (Å²) in [4.78, 5) is 24.4. The van der Waals surface area contributed by atoms with E-state index in [0.29, 0.717) is 11.4 Å². The molecule has 5 nitrogen and oxygen atoms in total. The number of hydrogen-bond acceptors (Lipinski definition) is 3. The summed E-state index contributed by atoms with van der Waals surface area (Å²) in [6, 6.07) is 17.7. The molecule has 0 aliphatic carbocycles. The summed E-state index contributed by atoms with van der Waals surface area (Å²) in [5, 5.41) is 5.08. The minimum absolute atomic E-state index is 0.0329. The molecule has 3 rings (SSSR count). The fourth-order valence-corrected chi connectivity index (χ4v) is 2.74. The third-order valence-corrected chi connectivity index (χ3v) is 4.33. The van der Waals surface area contributed by atoms with Gasteiger partial charge in [0, 0.05) is 16.9 Å². The molecule has 0 aliphatic heterocycles. The summed E-state index contributed by atoms with van der Waals surface area (Å²) in [5.41, 5.74) is 0.772. The Labute approximate surface area is 176 Å². The van der Waals surface area contributed by atoms with Gasteiger partial charge in [0.2, 0.25) is 0 Å². The predicted molar refractivity (Wildman–Crippen MR) is 111 cm³/mol. The summed E-state index contributed by atoms with van der Waals surface area (Å²) in [6.45, 7) is 1.69. The van der Waals surface area contributed by atoms with Gasteiger partial charge in [-0.3, -0.25) is 9.59 Å². The maximum absolute atomic E-state index is 12.8. The lowest BCUT2D eigenvalue weighted by atomic mass is 10.1. The standard InChI is InChI=1S/C23H19F3N2O3/c1-15-5-2-3-8-20(15)31-14-21(29)27-18-11-9-16(10-12-18)22(30)28-19-7-4-6-17(13-19)23(24,25)26/h2-13H,14H2,1H3,(H,27,29)(H,28,30). The average Bonchev–Trinajstić information content (AvgIpc) is 2.73. The van der Waals surface area contributed by atoms with Crippen molar-refractivity contribution in [3.63, 3.8) is 0 Å². The van der Waals surface area contributed by atoms with Crippen molar-refractivity contribution >= 4 is 23.2 Å². The Morgan fingerprint density at radius 3 is 2.26 bits per heavy atom. The van der Waals surface area contributed by atoms with Gasteiger partial charge in [-0.25, -0.2) is 0 Å². The van der Waals surface area contributed by atoms with E-state index < -0.39 is 17.6 Å². The summed E-state index contributed by atoms with van der Waals surface area (Å²) in [5.74, 6) is -0.330. The van der Waals surface area contributed by atoms with E-state index in [1.54, 1.807) is 6.07 Å². The molecule has 2 amide bonds. The molecule has 0 fully saturated rings. The first kappa shape index (κ1) is 21.9. The van der Waals surface area contributed by atoms with Crippen molar-refractivity contribution in [2.75, 3.05) is 17.2 Å². The van der Waals surface area contributed by atoms with Crippen LogP contribution in [0.25, 0.3) is 0 Å². The lowest BCUT2D eigenvalue weighted by Gasteiger charge is -2.11. The SMILES string of the molecule is Cc1ccccc1OCC(=O)Nc1ccc(C(=O)Nc2cccc(C(F)(F)F)c2)cc1. The first-order chi connectivity index (χ1) is 14.7. The van der Waals surface area contributed by atoms with E-state index in [2.05, 4.69) is 10.6 Å². The van der Waals surface area contributed by atoms with Crippen molar-refractivity contribution in [2.24, 2.45) is 0 Å². The third-order valence-electron chi connectivity index (χ3n) is 4.33. The number of rotatable bonds is 6. The second-order valence-electron chi connectivity index (χ2n) is 6.71. The second-order valence-corrected chi connectivity index (χ2v) is 6.71. The topological polar surface area (TPSA) is 67.4 Å². The molecule has 3 aromatic rings. The number of carbonyl (C=O) groups excluding carboxylic acids is 2. The number of nitrogens with one attached hydrogen (secondary N) is 2. The van der Waals surface area contributed by atoms with E-state index in [1.807, 2.05) is 25.1 Å². The molecular weight excluding hydrogens is 409 g/mol. The molecule has 0 unspecified atom stereocenters. The van der Waals surface area contributed by atoms with Crippen molar-refractivity contribution in [3.05, 3.63) is 89.5 Å². The molecule has 0 spiro atoms. The zero-order valence-corrected chi connectivity index (χ0v) is 16.5. The lowest BCUT2D eigenvalue weighted by molar-refractivity contribution is -0.137. The van der Waals surface area contributed by atoms with Gasteiger partial charge in [0.15, 0.2) is 6.61 Å². The van der Waals surface area contributed by atoms with Crippen molar-refractivity contribution in [1.29, 1.82) is 0 Å². The molecule has 3 aromatic carbocycles. The number of amides is 2. The van der Waals surface area contributed by atoms with E-state index in [-0.39, 0.29) is 23.8 Å². The molecule has 0 saturated carbocycles. The highest BCUT2D eigenvalue weighted by atomic mass is 19.4. The zero-order chi connectivity index (χ0) is 22.4. The van der Waals surface area contributed by atoms with E-state index >= 15 is 0 Å². The Morgan fingerprint density at radius 2 is 1.58 bits per heavy atom. The maximum Gasteiger partial charge on any atom is 0.416 e. The van der Waals surface area contributed by atoms with Crippen molar-refractivity contribution < 1.29 is 27.5 Å². The minimum atomic E-state index is -4.50. The second kappa shape index (κ2) is 9.34. The number of ether oxygens (including phenoxy) is 1. The molecule has 0 radical (unpaired) electrons. The largest absolute Gasteiger partial charge is 0.483 e. The number of anilines is 2. The lowest BCUT2D eigenvalue weighted by Crippen LogP contribution is -2.20. The van der Waals surface area contributed by atoms with Crippen molar-refractivity contribution in [3.8, 4) is 5.75 Å². The van der Waals surface area contributed by atoms with Crippen LogP contribution < -0.4 is 15.4 Å². The van der Waals surface area contributed by atoms with E-state index in [4.69, 9.17) is 4.74 Å². The van der Waals surface area contributed by atoms with Crippen LogP contribution in [0.1, 0.15) is 21.5 Å². The third kappa shape index (κ3) is 6.08. The van der Waals surface area contributed by atoms with Gasteiger partial charge >= 0.3 is 6.18 Å². The van der Waals surface area contributed by atoms with Gasteiger partial charge in [-0.05, 0) is 61.0 Å². The quantitative estimate of drug-likeness (QED) is 0.561. The molecule has 0 atom stereocenters. The van der Waals surface area contributed by atoms with Crippen LogP contribution >= 0.6 is 0 Å². The molecule has 0 heterocycles. The molecule has 8 heteroatoms. The number of halogens is 3. The zero-order valence-electron chi connectivity index (χ0n) is 16.5. The van der Waals surface area contributed by atoms with Gasteiger partial charge in [-0.2, -0.15) is 13.2 Å². The minimum Gasteiger partial charge on any atom is -0.483 e. The van der Waals surface area contributed by atoms with Crippen molar-refractivity contribution in [2.45, 2.75) is 13.1 Å². The molecule has 2 N–H and O–H groups in total. The number of benzene rings is 3. The summed E-state index contributed by atoms with van der Waals surface area (Å²) in [7, 11) is 0.